The number of carbonyl (C=O) groups excluding carboxylic acids is 2. The molecule has 0 radical (unpaired) electrons. The number of rotatable bonds is 34. The van der Waals surface area contributed by atoms with Crippen molar-refractivity contribution in [3.05, 3.63) is 97.2 Å². The second kappa shape index (κ2) is 38.5. The average molecular weight is 721 g/mol. The first kappa shape index (κ1) is 48.3. The fraction of sp³-hybridized carbons (Fsp3) is 0.578. The van der Waals surface area contributed by atoms with Gasteiger partial charge in [-0.15, -0.1) is 0 Å². The molecule has 0 aliphatic rings. The lowest BCUT2D eigenvalue weighted by Crippen LogP contribution is -2.40. The predicted molar refractivity (Wildman–Crippen MR) is 220 cm³/mol. The number of hydrogen-bond acceptors (Lipinski definition) is 5. The summed E-state index contributed by atoms with van der Waals surface area (Å²) in [5.41, 5.74) is 5.47. The van der Waals surface area contributed by atoms with E-state index in [1.807, 2.05) is 6.08 Å². The third-order valence-electron chi connectivity index (χ3n) is 8.13. The summed E-state index contributed by atoms with van der Waals surface area (Å²) in [5.74, 6) is -1.39. The molecular formula is C45H72N2O5. The van der Waals surface area contributed by atoms with E-state index in [9.17, 15) is 19.5 Å². The average Bonchev–Trinajstić information content (AvgIpc) is 3.13. The molecule has 0 aliphatic carbocycles. The molecule has 0 fully saturated rings. The van der Waals surface area contributed by atoms with Crippen LogP contribution >= 0.6 is 0 Å². The Morgan fingerprint density at radius 2 is 1.06 bits per heavy atom. The molecule has 2 unspecified atom stereocenters. The maximum atomic E-state index is 12.7. The van der Waals surface area contributed by atoms with Crippen LogP contribution in [0.1, 0.15) is 149 Å². The quantitative estimate of drug-likeness (QED) is 0.0346. The van der Waals surface area contributed by atoms with E-state index in [0.717, 1.165) is 103 Å². The van der Waals surface area contributed by atoms with Crippen LogP contribution in [-0.4, -0.2) is 41.6 Å². The number of carbonyl (C=O) groups is 3. The zero-order valence-electron chi connectivity index (χ0n) is 32.6. The van der Waals surface area contributed by atoms with E-state index < -0.39 is 12.0 Å². The predicted octanol–water partition coefficient (Wildman–Crippen LogP) is 11.1. The lowest BCUT2D eigenvalue weighted by molar-refractivity contribution is -0.147. The maximum Gasteiger partial charge on any atom is 0.326 e. The van der Waals surface area contributed by atoms with Gasteiger partial charge in [0, 0.05) is 12.8 Å². The van der Waals surface area contributed by atoms with Crippen molar-refractivity contribution in [1.82, 2.24) is 5.32 Å². The van der Waals surface area contributed by atoms with Crippen molar-refractivity contribution in [2.75, 3.05) is 6.54 Å². The Labute approximate surface area is 317 Å². The fourth-order valence-corrected chi connectivity index (χ4v) is 5.17. The molecule has 0 aromatic rings. The van der Waals surface area contributed by atoms with E-state index in [-0.39, 0.29) is 18.0 Å². The van der Waals surface area contributed by atoms with Gasteiger partial charge in [-0.1, -0.05) is 124 Å². The zero-order chi connectivity index (χ0) is 38.2. The molecule has 0 saturated carbocycles. The van der Waals surface area contributed by atoms with Crippen LogP contribution in [0.25, 0.3) is 0 Å². The highest BCUT2D eigenvalue weighted by molar-refractivity contribution is 5.83. The van der Waals surface area contributed by atoms with Crippen LogP contribution in [0, 0.1) is 0 Å². The van der Waals surface area contributed by atoms with Gasteiger partial charge in [-0.2, -0.15) is 0 Å². The zero-order valence-corrected chi connectivity index (χ0v) is 32.6. The Morgan fingerprint density at radius 3 is 1.60 bits per heavy atom. The van der Waals surface area contributed by atoms with Gasteiger partial charge in [-0.25, -0.2) is 4.79 Å². The van der Waals surface area contributed by atoms with Gasteiger partial charge in [-0.05, 0) is 115 Å². The topological polar surface area (TPSA) is 119 Å². The Morgan fingerprint density at radius 1 is 0.577 bits per heavy atom. The molecule has 0 heterocycles. The van der Waals surface area contributed by atoms with Gasteiger partial charge in [0.1, 0.15) is 12.1 Å². The molecule has 0 saturated heterocycles. The number of unbranched alkanes of at least 4 members (excludes halogenated alkanes) is 6. The smallest absolute Gasteiger partial charge is 0.326 e. The third kappa shape index (κ3) is 34.7. The molecule has 0 bridgehead atoms. The molecule has 4 N–H and O–H groups in total. The van der Waals surface area contributed by atoms with Gasteiger partial charge in [-0.3, -0.25) is 9.59 Å². The van der Waals surface area contributed by atoms with Crippen molar-refractivity contribution in [2.45, 2.75) is 161 Å². The number of ether oxygens (including phenoxy) is 1. The number of nitrogens with one attached hydrogen (secondary N) is 1. The fourth-order valence-electron chi connectivity index (χ4n) is 5.17. The first-order chi connectivity index (χ1) is 25.4. The van der Waals surface area contributed by atoms with Crippen LogP contribution < -0.4 is 11.1 Å². The summed E-state index contributed by atoms with van der Waals surface area (Å²) < 4.78 is 5.89. The van der Waals surface area contributed by atoms with E-state index in [4.69, 9.17) is 10.5 Å². The lowest BCUT2D eigenvalue weighted by Gasteiger charge is -2.15. The van der Waals surface area contributed by atoms with E-state index in [2.05, 4.69) is 110 Å². The summed E-state index contributed by atoms with van der Waals surface area (Å²) in [6.45, 7) is 4.68. The second-order valence-corrected chi connectivity index (χ2v) is 12.9. The summed E-state index contributed by atoms with van der Waals surface area (Å²) in [6, 6.07) is -0.875. The second-order valence-electron chi connectivity index (χ2n) is 12.9. The van der Waals surface area contributed by atoms with Crippen molar-refractivity contribution in [1.29, 1.82) is 0 Å². The minimum Gasteiger partial charge on any atom is -0.480 e. The van der Waals surface area contributed by atoms with Crippen molar-refractivity contribution < 1.29 is 24.2 Å². The van der Waals surface area contributed by atoms with Crippen LogP contribution in [-0.2, 0) is 19.1 Å². The molecular weight excluding hydrogens is 649 g/mol. The molecule has 52 heavy (non-hydrogen) atoms. The molecule has 1 amide bonds. The highest BCUT2D eigenvalue weighted by atomic mass is 16.5. The SMILES string of the molecule is CC/C=C\C/C=C\C/C=C\C/C=C\CCCCC(=O)OC(/C=C\C/C=C\C/C=C\C/C=C\CC)CCCCCCCC(=O)NC(CCCN)C(=O)O. The Hall–Kier alpha value is -3.71. The van der Waals surface area contributed by atoms with E-state index in [1.54, 1.807) is 0 Å². The van der Waals surface area contributed by atoms with E-state index in [1.165, 1.54) is 0 Å². The van der Waals surface area contributed by atoms with Gasteiger partial charge in [0.2, 0.25) is 5.91 Å². The number of nitrogens with two attached hydrogens (primary N) is 1. The molecule has 0 spiro atoms. The number of hydrogen-bond donors (Lipinski definition) is 3. The molecule has 0 aliphatic heterocycles. The van der Waals surface area contributed by atoms with Crippen molar-refractivity contribution in [2.24, 2.45) is 5.73 Å². The molecule has 7 heteroatoms. The molecule has 2 atom stereocenters. The van der Waals surface area contributed by atoms with Gasteiger partial charge < -0.3 is 20.9 Å². The van der Waals surface area contributed by atoms with Crippen molar-refractivity contribution in [3.63, 3.8) is 0 Å². The first-order valence-electron chi connectivity index (χ1n) is 20.1. The molecule has 0 aromatic heterocycles. The first-order valence-corrected chi connectivity index (χ1v) is 20.1. The normalized spacial score (nSPS) is 13.8. The number of aliphatic carboxylic acids is 1. The third-order valence-corrected chi connectivity index (χ3v) is 8.13. The Bertz CT molecular complexity index is 1130. The molecule has 0 rings (SSSR count). The Balaban J connectivity index is 4.56. The Kier molecular flexibility index (Phi) is 35.8. The van der Waals surface area contributed by atoms with Gasteiger partial charge in [0.25, 0.3) is 0 Å². The highest BCUT2D eigenvalue weighted by Gasteiger charge is 2.18. The summed E-state index contributed by atoms with van der Waals surface area (Å²) in [7, 11) is 0. The standard InChI is InChI=1S/C45H72N2O5/c1-3-5-7-9-11-13-15-16-17-18-20-22-24-29-33-39-44(49)52-41(35-30-26-23-21-19-14-12-10-8-6-4-2)36-31-27-25-28-32-38-43(48)47-42(45(50)51)37-34-40-46/h5-8,11-14,16-17,20-23,30,35,41-42H,3-4,9-10,15,18-19,24-29,31-34,36-40,46H2,1-2H3,(H,47,48)(H,50,51)/b7-5-,8-6-,13-11-,14-12-,17-16-,22-20-,23-21-,35-30-. The van der Waals surface area contributed by atoms with Gasteiger partial charge in [0.15, 0.2) is 0 Å². The number of carboxylic acid groups (broad SMARTS) is 1. The number of amides is 1. The summed E-state index contributed by atoms with van der Waals surface area (Å²) in [5, 5.41) is 11.9. The largest absolute Gasteiger partial charge is 0.480 e. The van der Waals surface area contributed by atoms with Crippen LogP contribution in [0.15, 0.2) is 97.2 Å². The lowest BCUT2D eigenvalue weighted by atomic mass is 10.1. The van der Waals surface area contributed by atoms with Gasteiger partial charge in [0.05, 0.1) is 0 Å². The van der Waals surface area contributed by atoms with Crippen LogP contribution in [0.2, 0.25) is 0 Å². The maximum absolute atomic E-state index is 12.7. The van der Waals surface area contributed by atoms with Crippen molar-refractivity contribution >= 4 is 17.8 Å². The molecule has 0 aromatic carbocycles. The minimum atomic E-state index is -1.02. The summed E-state index contributed by atoms with van der Waals surface area (Å²) in [4.78, 5) is 36.2. The summed E-state index contributed by atoms with van der Waals surface area (Å²) >= 11 is 0. The van der Waals surface area contributed by atoms with Crippen LogP contribution in [0.5, 0.6) is 0 Å². The number of esters is 1. The van der Waals surface area contributed by atoms with E-state index >= 15 is 0 Å². The minimum absolute atomic E-state index is 0.144. The monoisotopic (exact) mass is 721 g/mol. The number of allylic oxidation sites excluding steroid dienone is 15. The molecule has 7 nitrogen and oxygen atoms in total. The summed E-state index contributed by atoms with van der Waals surface area (Å²) in [6.07, 6.45) is 51.8. The highest BCUT2D eigenvalue weighted by Crippen LogP contribution is 2.14. The van der Waals surface area contributed by atoms with Gasteiger partial charge >= 0.3 is 11.9 Å². The van der Waals surface area contributed by atoms with Crippen LogP contribution in [0.3, 0.4) is 0 Å². The van der Waals surface area contributed by atoms with Crippen LogP contribution in [0.4, 0.5) is 0 Å². The number of carboxylic acids is 1. The molecule has 292 valence electrons. The van der Waals surface area contributed by atoms with Crippen molar-refractivity contribution in [3.8, 4) is 0 Å². The van der Waals surface area contributed by atoms with E-state index in [0.29, 0.717) is 38.6 Å².